The molecule has 0 aliphatic rings. The Labute approximate surface area is 78.5 Å². The summed E-state index contributed by atoms with van der Waals surface area (Å²) in [4.78, 5) is 0. The van der Waals surface area contributed by atoms with E-state index in [1.807, 2.05) is 6.92 Å². The third kappa shape index (κ3) is 167. The average molecular weight is 218 g/mol. The maximum absolute atomic E-state index is 8.74. The Bertz CT molecular complexity index is 171. The molecular formula is C5H18N2O5S. The van der Waals surface area contributed by atoms with Gasteiger partial charge in [0.05, 0.1) is 6.61 Å². The van der Waals surface area contributed by atoms with Gasteiger partial charge in [0.25, 0.3) is 0 Å². The molecule has 0 saturated carbocycles. The molecule has 0 unspecified atom stereocenters. The van der Waals surface area contributed by atoms with E-state index in [2.05, 4.69) is 6.58 Å². The molecule has 0 aromatic rings. The van der Waals surface area contributed by atoms with Crippen LogP contribution in [0.2, 0.25) is 0 Å². The summed E-state index contributed by atoms with van der Waals surface area (Å²) in [5.74, 6) is 0. The van der Waals surface area contributed by atoms with E-state index in [1.165, 1.54) is 0 Å². The Hall–Kier alpha value is -0.510. The zero-order valence-corrected chi connectivity index (χ0v) is 8.46. The first-order valence-corrected chi connectivity index (χ1v) is 4.20. The average Bonchev–Trinajstić information content (AvgIpc) is 1.79. The summed E-state index contributed by atoms with van der Waals surface area (Å²) >= 11 is 0. The molecule has 0 bridgehead atoms. The van der Waals surface area contributed by atoms with Crippen LogP contribution in [0.25, 0.3) is 0 Å². The van der Waals surface area contributed by atoms with E-state index in [0.29, 0.717) is 6.61 Å². The second-order valence-corrected chi connectivity index (χ2v) is 2.29. The topological polar surface area (TPSA) is 154 Å². The van der Waals surface area contributed by atoms with Crippen LogP contribution >= 0.6 is 0 Å². The summed E-state index contributed by atoms with van der Waals surface area (Å²) in [7, 11) is -4.67. The van der Waals surface area contributed by atoms with Crippen molar-refractivity contribution in [2.75, 3.05) is 13.2 Å². The van der Waals surface area contributed by atoms with Gasteiger partial charge in [0, 0.05) is 6.61 Å². The van der Waals surface area contributed by atoms with Gasteiger partial charge in [0.1, 0.15) is 0 Å². The van der Waals surface area contributed by atoms with E-state index in [0.717, 1.165) is 6.61 Å². The van der Waals surface area contributed by atoms with Gasteiger partial charge < -0.3 is 17.0 Å². The third-order valence-corrected chi connectivity index (χ3v) is 0.440. The lowest BCUT2D eigenvalue weighted by Crippen LogP contribution is -1.89. The van der Waals surface area contributed by atoms with Crippen LogP contribution in [0, 0.1) is 0 Å². The minimum absolute atomic E-state index is 0. The highest BCUT2D eigenvalue weighted by molar-refractivity contribution is 7.79. The Morgan fingerprint density at radius 2 is 1.69 bits per heavy atom. The van der Waals surface area contributed by atoms with Crippen LogP contribution < -0.4 is 12.3 Å². The van der Waals surface area contributed by atoms with E-state index in [-0.39, 0.29) is 12.3 Å². The molecule has 84 valence electrons. The summed E-state index contributed by atoms with van der Waals surface area (Å²) < 4.78 is 36.4. The van der Waals surface area contributed by atoms with Crippen molar-refractivity contribution in [2.45, 2.75) is 6.92 Å². The van der Waals surface area contributed by atoms with Crippen molar-refractivity contribution in [1.82, 2.24) is 12.3 Å². The van der Waals surface area contributed by atoms with Crippen LogP contribution in [0.3, 0.4) is 0 Å². The second kappa shape index (κ2) is 14.0. The number of rotatable bonds is 3. The van der Waals surface area contributed by atoms with Crippen LogP contribution in [0.1, 0.15) is 6.92 Å². The van der Waals surface area contributed by atoms with E-state index in [4.69, 9.17) is 22.3 Å². The Balaban J connectivity index is -0.0000000546. The molecule has 0 radical (unpaired) electrons. The molecule has 0 aliphatic heterocycles. The van der Waals surface area contributed by atoms with Gasteiger partial charge in [-0.15, -0.1) is 6.58 Å². The molecule has 0 atom stereocenters. The maximum atomic E-state index is 8.74. The Kier molecular flexibility index (Phi) is 24.7. The standard InChI is InChI=1S/C5H10O.2H3N.H2O4S/c1-3-5-6-4-2;;;1-5(2,3)4/h3H,1,4-5H2,2H3;2*1H3;(H2,1,2,3,4). The van der Waals surface area contributed by atoms with Gasteiger partial charge in [-0.3, -0.25) is 9.11 Å². The number of hydrogen-bond acceptors (Lipinski definition) is 5. The van der Waals surface area contributed by atoms with Crippen molar-refractivity contribution < 1.29 is 22.3 Å². The number of hydrogen-bond donors (Lipinski definition) is 4. The molecule has 0 rings (SSSR count). The van der Waals surface area contributed by atoms with Crippen molar-refractivity contribution in [2.24, 2.45) is 0 Å². The number of ether oxygens (including phenoxy) is 1. The normalized spacial score (nSPS) is 8.23. The highest BCUT2D eigenvalue weighted by Crippen LogP contribution is 1.69. The fourth-order valence-corrected chi connectivity index (χ4v) is 0.201. The van der Waals surface area contributed by atoms with Crippen molar-refractivity contribution in [1.29, 1.82) is 0 Å². The molecule has 8 heteroatoms. The zero-order valence-electron chi connectivity index (χ0n) is 7.64. The molecule has 0 aliphatic carbocycles. The van der Waals surface area contributed by atoms with Crippen LogP contribution in [-0.2, 0) is 15.1 Å². The fourth-order valence-electron chi connectivity index (χ4n) is 0.201. The molecule has 0 aromatic heterocycles. The maximum Gasteiger partial charge on any atom is 0.394 e. The van der Waals surface area contributed by atoms with Gasteiger partial charge in [0.15, 0.2) is 0 Å². The summed E-state index contributed by atoms with van der Waals surface area (Å²) in [5.41, 5.74) is 0. The third-order valence-electron chi connectivity index (χ3n) is 0.440. The molecule has 0 amide bonds. The van der Waals surface area contributed by atoms with E-state index in [9.17, 15) is 0 Å². The van der Waals surface area contributed by atoms with Crippen LogP contribution in [0.5, 0.6) is 0 Å². The molecule has 0 heterocycles. The van der Waals surface area contributed by atoms with Crippen LogP contribution in [-0.4, -0.2) is 30.7 Å². The first-order valence-electron chi connectivity index (χ1n) is 2.80. The van der Waals surface area contributed by atoms with Gasteiger partial charge in [-0.25, -0.2) is 0 Å². The molecule has 0 aromatic carbocycles. The van der Waals surface area contributed by atoms with Crippen LogP contribution in [0.15, 0.2) is 12.7 Å². The van der Waals surface area contributed by atoms with Gasteiger partial charge in [-0.2, -0.15) is 8.42 Å². The molecule has 0 fully saturated rings. The molecule has 8 N–H and O–H groups in total. The molecule has 13 heavy (non-hydrogen) atoms. The van der Waals surface area contributed by atoms with Crippen molar-refractivity contribution in [3.63, 3.8) is 0 Å². The smallest absolute Gasteiger partial charge is 0.378 e. The SMILES string of the molecule is C=CCOCC.N.N.O=S(=O)(O)O. The Morgan fingerprint density at radius 1 is 1.38 bits per heavy atom. The lowest BCUT2D eigenvalue weighted by molar-refractivity contribution is 0.178. The molecule has 7 nitrogen and oxygen atoms in total. The van der Waals surface area contributed by atoms with E-state index in [1.54, 1.807) is 6.08 Å². The molecule has 0 spiro atoms. The van der Waals surface area contributed by atoms with Crippen molar-refractivity contribution in [3.8, 4) is 0 Å². The first-order chi connectivity index (χ1) is 4.91. The van der Waals surface area contributed by atoms with Gasteiger partial charge in [-0.1, -0.05) is 6.08 Å². The second-order valence-electron chi connectivity index (χ2n) is 1.40. The van der Waals surface area contributed by atoms with E-state index < -0.39 is 10.4 Å². The predicted molar refractivity (Wildman–Crippen MR) is 50.9 cm³/mol. The highest BCUT2D eigenvalue weighted by Gasteiger charge is 1.84. The van der Waals surface area contributed by atoms with Crippen molar-refractivity contribution in [3.05, 3.63) is 12.7 Å². The van der Waals surface area contributed by atoms with Crippen molar-refractivity contribution >= 4 is 10.4 Å². The summed E-state index contributed by atoms with van der Waals surface area (Å²) in [6.45, 7) is 6.90. The lowest BCUT2D eigenvalue weighted by atomic mass is 10.7. The molecule has 0 saturated heterocycles. The zero-order chi connectivity index (χ0) is 9.33. The monoisotopic (exact) mass is 218 g/mol. The minimum Gasteiger partial charge on any atom is -0.378 e. The minimum atomic E-state index is -4.67. The quantitative estimate of drug-likeness (QED) is 0.311. The summed E-state index contributed by atoms with van der Waals surface area (Å²) in [5, 5.41) is 0. The summed E-state index contributed by atoms with van der Waals surface area (Å²) in [6, 6.07) is 0. The largest absolute Gasteiger partial charge is 0.394 e. The first kappa shape index (κ1) is 22.9. The fraction of sp³-hybridized carbons (Fsp3) is 0.600. The Morgan fingerprint density at radius 3 is 1.77 bits per heavy atom. The van der Waals surface area contributed by atoms with E-state index >= 15 is 0 Å². The predicted octanol–water partition coefficient (Wildman–Crippen LogP) is 0.880. The van der Waals surface area contributed by atoms with Gasteiger partial charge in [-0.05, 0) is 6.92 Å². The van der Waals surface area contributed by atoms with Gasteiger partial charge >= 0.3 is 10.4 Å². The summed E-state index contributed by atoms with van der Waals surface area (Å²) in [6.07, 6.45) is 1.74. The molecular weight excluding hydrogens is 200 g/mol. The highest BCUT2D eigenvalue weighted by atomic mass is 32.3. The van der Waals surface area contributed by atoms with Gasteiger partial charge in [0.2, 0.25) is 0 Å². The lowest BCUT2D eigenvalue weighted by Gasteiger charge is -1.88. The van der Waals surface area contributed by atoms with Crippen LogP contribution in [0.4, 0.5) is 0 Å².